The molecule has 0 saturated carbocycles. The molecule has 0 bridgehead atoms. The molecule has 1 N–H and O–H groups in total. The average Bonchev–Trinajstić information content (AvgIpc) is 3.19. The Morgan fingerprint density at radius 1 is 1.00 bits per heavy atom. The van der Waals surface area contributed by atoms with Crippen molar-refractivity contribution in [3.63, 3.8) is 0 Å². The number of non-ortho nitro benzene ring substituents is 1. The van der Waals surface area contributed by atoms with Crippen LogP contribution in [0.1, 0.15) is 23.5 Å². The summed E-state index contributed by atoms with van der Waals surface area (Å²) < 4.78 is 10.9. The molecule has 0 aromatic heterocycles. The molecule has 9 heteroatoms. The van der Waals surface area contributed by atoms with Crippen molar-refractivity contribution in [1.82, 2.24) is 5.32 Å². The zero-order valence-electron chi connectivity index (χ0n) is 19.0. The van der Waals surface area contributed by atoms with Crippen molar-refractivity contribution in [2.45, 2.75) is 18.4 Å². The van der Waals surface area contributed by atoms with Gasteiger partial charge in [-0.3, -0.25) is 10.1 Å². The van der Waals surface area contributed by atoms with Crippen LogP contribution in [0.4, 0.5) is 10.5 Å². The number of rotatable bonds is 9. The molecule has 35 heavy (non-hydrogen) atoms. The molecular formula is C26H24N2O6S. The Morgan fingerprint density at radius 2 is 1.60 bits per heavy atom. The Hall–Kier alpha value is -3.85. The predicted molar refractivity (Wildman–Crippen MR) is 134 cm³/mol. The third-order valence-corrected chi connectivity index (χ3v) is 6.44. The molecule has 0 aliphatic heterocycles. The third-order valence-electron chi connectivity index (χ3n) is 5.80. The number of esters is 1. The highest BCUT2D eigenvalue weighted by molar-refractivity contribution is 7.98. The molecule has 1 aliphatic carbocycles. The topological polar surface area (TPSA) is 108 Å². The summed E-state index contributed by atoms with van der Waals surface area (Å²) in [6.07, 6.45) is 1.53. The lowest BCUT2D eigenvalue weighted by Gasteiger charge is -2.19. The lowest BCUT2D eigenvalue weighted by molar-refractivity contribution is -0.384. The van der Waals surface area contributed by atoms with Crippen molar-refractivity contribution >= 4 is 29.5 Å². The molecule has 0 heterocycles. The average molecular weight is 493 g/mol. The van der Waals surface area contributed by atoms with Gasteiger partial charge in [0, 0.05) is 18.1 Å². The van der Waals surface area contributed by atoms with E-state index in [1.54, 1.807) is 0 Å². The number of ether oxygens (including phenoxy) is 2. The molecule has 0 saturated heterocycles. The number of carbonyl (C=O) groups excluding carboxylic acids is 2. The Labute approximate surface area is 206 Å². The summed E-state index contributed by atoms with van der Waals surface area (Å²) in [5.74, 6) is 0.0132. The van der Waals surface area contributed by atoms with Gasteiger partial charge in [0.25, 0.3) is 5.69 Å². The number of fused-ring (bicyclic) bond motifs is 3. The molecular weight excluding hydrogens is 468 g/mol. The molecule has 1 atom stereocenters. The Morgan fingerprint density at radius 3 is 2.17 bits per heavy atom. The normalized spacial score (nSPS) is 12.8. The van der Waals surface area contributed by atoms with Gasteiger partial charge in [0.15, 0.2) is 0 Å². The summed E-state index contributed by atoms with van der Waals surface area (Å²) in [5.41, 5.74) is 4.33. The van der Waals surface area contributed by atoms with Gasteiger partial charge in [0.05, 0.1) is 4.92 Å². The number of hydrogen-bond acceptors (Lipinski definition) is 7. The van der Waals surface area contributed by atoms with Crippen molar-refractivity contribution in [3.05, 3.63) is 94.0 Å². The number of nitrogens with one attached hydrogen (secondary N) is 1. The molecule has 1 aliphatic rings. The molecule has 0 spiro atoms. The van der Waals surface area contributed by atoms with Crippen LogP contribution in [0.2, 0.25) is 0 Å². The first-order valence-electron chi connectivity index (χ1n) is 11.0. The fraction of sp³-hybridized carbons (Fsp3) is 0.231. The van der Waals surface area contributed by atoms with Crippen LogP contribution in [-0.4, -0.2) is 41.6 Å². The molecule has 1 amide bonds. The van der Waals surface area contributed by atoms with E-state index in [0.717, 1.165) is 22.3 Å². The maximum absolute atomic E-state index is 12.7. The second-order valence-electron chi connectivity index (χ2n) is 7.98. The zero-order valence-corrected chi connectivity index (χ0v) is 19.8. The van der Waals surface area contributed by atoms with Gasteiger partial charge < -0.3 is 14.8 Å². The van der Waals surface area contributed by atoms with E-state index in [2.05, 4.69) is 17.4 Å². The molecule has 0 fully saturated rings. The summed E-state index contributed by atoms with van der Waals surface area (Å²) in [4.78, 5) is 35.6. The number of alkyl carbamates (subject to hydrolysis) is 1. The Balaban J connectivity index is 1.40. The quantitative estimate of drug-likeness (QED) is 0.190. The second kappa shape index (κ2) is 11.1. The van der Waals surface area contributed by atoms with Crippen LogP contribution in [-0.2, 0) is 9.53 Å². The van der Waals surface area contributed by atoms with E-state index in [9.17, 15) is 19.7 Å². The highest BCUT2D eigenvalue weighted by Crippen LogP contribution is 2.44. The first kappa shape index (κ1) is 24.3. The number of amides is 1. The van der Waals surface area contributed by atoms with Crippen LogP contribution >= 0.6 is 11.8 Å². The van der Waals surface area contributed by atoms with Gasteiger partial charge in [-0.2, -0.15) is 11.8 Å². The lowest BCUT2D eigenvalue weighted by Crippen LogP contribution is -2.44. The van der Waals surface area contributed by atoms with Gasteiger partial charge in [-0.15, -0.1) is 0 Å². The van der Waals surface area contributed by atoms with Crippen LogP contribution in [0.25, 0.3) is 11.1 Å². The van der Waals surface area contributed by atoms with E-state index < -0.39 is 23.0 Å². The highest BCUT2D eigenvalue weighted by Gasteiger charge is 2.30. The van der Waals surface area contributed by atoms with Gasteiger partial charge in [-0.05, 0) is 52.8 Å². The minimum absolute atomic E-state index is 0.0927. The number of nitro benzene ring substituents is 1. The van der Waals surface area contributed by atoms with Gasteiger partial charge in [0.1, 0.15) is 18.4 Å². The molecule has 8 nitrogen and oxygen atoms in total. The van der Waals surface area contributed by atoms with Crippen LogP contribution in [0.5, 0.6) is 5.75 Å². The Bertz CT molecular complexity index is 1190. The van der Waals surface area contributed by atoms with E-state index in [1.165, 1.54) is 36.0 Å². The van der Waals surface area contributed by atoms with E-state index in [1.807, 2.05) is 42.7 Å². The lowest BCUT2D eigenvalue weighted by atomic mass is 9.98. The number of carbonyl (C=O) groups is 2. The highest BCUT2D eigenvalue weighted by atomic mass is 32.2. The summed E-state index contributed by atoms with van der Waals surface area (Å²) in [7, 11) is 0. The fourth-order valence-corrected chi connectivity index (χ4v) is 4.56. The minimum atomic E-state index is -0.923. The smallest absolute Gasteiger partial charge is 0.407 e. The summed E-state index contributed by atoms with van der Waals surface area (Å²) in [6.45, 7) is 0.131. The van der Waals surface area contributed by atoms with E-state index >= 15 is 0 Å². The van der Waals surface area contributed by atoms with Crippen molar-refractivity contribution < 1.29 is 24.0 Å². The standard InChI is InChI=1S/C26H24N2O6S/c1-35-15-14-24(25(29)34-18-12-10-17(11-13-18)28(31)32)27-26(30)33-16-23-21-8-4-2-6-19(21)20-7-3-5-9-22(20)23/h2-13,23-24H,14-16H2,1H3,(H,27,30)/t24-/m0/s1. The first-order chi connectivity index (χ1) is 17.0. The first-order valence-corrected chi connectivity index (χ1v) is 12.4. The number of nitrogens with zero attached hydrogens (tertiary/aromatic N) is 1. The van der Waals surface area contributed by atoms with Crippen molar-refractivity contribution in [3.8, 4) is 16.9 Å². The van der Waals surface area contributed by atoms with Crippen molar-refractivity contribution in [2.24, 2.45) is 0 Å². The van der Waals surface area contributed by atoms with Crippen LogP contribution in [0.15, 0.2) is 72.8 Å². The maximum Gasteiger partial charge on any atom is 0.407 e. The van der Waals surface area contributed by atoms with Crippen molar-refractivity contribution in [1.29, 1.82) is 0 Å². The third kappa shape index (κ3) is 5.63. The SMILES string of the molecule is CSCC[C@H](NC(=O)OCC1c2ccccc2-c2ccccc21)C(=O)Oc1ccc([N+](=O)[O-])cc1. The van der Waals surface area contributed by atoms with Crippen molar-refractivity contribution in [2.75, 3.05) is 18.6 Å². The van der Waals surface area contributed by atoms with Crippen LogP contribution < -0.4 is 10.1 Å². The van der Waals surface area contributed by atoms with Gasteiger partial charge in [-0.25, -0.2) is 9.59 Å². The number of thioether (sulfide) groups is 1. The largest absolute Gasteiger partial charge is 0.449 e. The van der Waals surface area contributed by atoms with E-state index in [-0.39, 0.29) is 24.0 Å². The summed E-state index contributed by atoms with van der Waals surface area (Å²) in [6, 6.07) is 20.3. The molecule has 3 aromatic rings. The maximum atomic E-state index is 12.7. The number of benzene rings is 3. The minimum Gasteiger partial charge on any atom is -0.449 e. The molecule has 0 unspecified atom stereocenters. The van der Waals surface area contributed by atoms with E-state index in [0.29, 0.717) is 12.2 Å². The fourth-order valence-electron chi connectivity index (χ4n) is 4.09. The predicted octanol–water partition coefficient (Wildman–Crippen LogP) is 5.16. The van der Waals surface area contributed by atoms with E-state index in [4.69, 9.17) is 9.47 Å². The monoisotopic (exact) mass is 492 g/mol. The van der Waals surface area contributed by atoms with Crippen LogP contribution in [0.3, 0.4) is 0 Å². The van der Waals surface area contributed by atoms with Crippen LogP contribution in [0, 0.1) is 10.1 Å². The number of nitro groups is 1. The molecule has 180 valence electrons. The molecule has 3 aromatic carbocycles. The summed E-state index contributed by atoms with van der Waals surface area (Å²) in [5, 5.41) is 13.4. The van der Waals surface area contributed by atoms with Gasteiger partial charge in [0.2, 0.25) is 0 Å². The summed E-state index contributed by atoms with van der Waals surface area (Å²) >= 11 is 1.53. The Kier molecular flexibility index (Phi) is 7.67. The second-order valence-corrected chi connectivity index (χ2v) is 8.96. The number of hydrogen-bond donors (Lipinski definition) is 1. The molecule has 4 rings (SSSR count). The molecule has 0 radical (unpaired) electrons. The van der Waals surface area contributed by atoms with Gasteiger partial charge in [-0.1, -0.05) is 48.5 Å². The van der Waals surface area contributed by atoms with Gasteiger partial charge >= 0.3 is 12.1 Å². The zero-order chi connectivity index (χ0) is 24.8.